The molecule has 11 heteroatoms. The molecule has 1 N–H and O–H groups in total. The summed E-state index contributed by atoms with van der Waals surface area (Å²) >= 11 is 2.54. The molecule has 4 aromatic rings. The molecule has 0 saturated carbocycles. The first kappa shape index (κ1) is 20.9. The fraction of sp³-hybridized carbons (Fsp3) is 0.238. The molecule has 0 unspecified atom stereocenters. The Morgan fingerprint density at radius 1 is 1.16 bits per heavy atom. The van der Waals surface area contributed by atoms with Crippen molar-refractivity contribution in [2.45, 2.75) is 5.16 Å². The number of ether oxygens (including phenoxy) is 1. The Labute approximate surface area is 191 Å². The van der Waals surface area contributed by atoms with Gasteiger partial charge in [0.25, 0.3) is 0 Å². The van der Waals surface area contributed by atoms with E-state index in [4.69, 9.17) is 4.74 Å². The second-order valence-corrected chi connectivity index (χ2v) is 8.99. The van der Waals surface area contributed by atoms with Crippen LogP contribution in [-0.2, 0) is 9.53 Å². The highest BCUT2D eigenvalue weighted by Gasteiger charge is 2.22. The lowest BCUT2D eigenvalue weighted by Crippen LogP contribution is -2.37. The van der Waals surface area contributed by atoms with Gasteiger partial charge in [-0.1, -0.05) is 41.3 Å². The predicted octanol–water partition coefficient (Wildman–Crippen LogP) is 3.58. The van der Waals surface area contributed by atoms with Gasteiger partial charge in [0.2, 0.25) is 11.9 Å². The molecule has 0 spiro atoms. The summed E-state index contributed by atoms with van der Waals surface area (Å²) in [6, 6.07) is 14.2. The molecule has 1 aliphatic heterocycles. The Balaban J connectivity index is 1.33. The molecule has 1 amide bonds. The quantitative estimate of drug-likeness (QED) is 0.431. The van der Waals surface area contributed by atoms with E-state index in [1.807, 2.05) is 34.9 Å². The number of anilines is 2. The summed E-state index contributed by atoms with van der Waals surface area (Å²) < 4.78 is 21.5. The second-order valence-electron chi connectivity index (χ2n) is 7.02. The van der Waals surface area contributed by atoms with Gasteiger partial charge in [-0.15, -0.1) is 10.2 Å². The van der Waals surface area contributed by atoms with Gasteiger partial charge in [-0.25, -0.2) is 9.37 Å². The number of nitrogens with one attached hydrogen (secondary N) is 1. The highest BCUT2D eigenvalue weighted by atomic mass is 32.2. The van der Waals surface area contributed by atoms with E-state index in [0.717, 1.165) is 24.7 Å². The summed E-state index contributed by atoms with van der Waals surface area (Å²) in [6.07, 6.45) is 0. The summed E-state index contributed by atoms with van der Waals surface area (Å²) in [5.41, 5.74) is 1.58. The number of fused-ring (bicyclic) bond motifs is 1. The highest BCUT2D eigenvalue weighted by Crippen LogP contribution is 2.29. The molecule has 5 rings (SSSR count). The van der Waals surface area contributed by atoms with Crippen LogP contribution >= 0.6 is 23.1 Å². The number of amides is 1. The molecular weight excluding hydrogens is 451 g/mol. The zero-order valence-electron chi connectivity index (χ0n) is 16.9. The van der Waals surface area contributed by atoms with Crippen molar-refractivity contribution in [2.75, 3.05) is 42.3 Å². The number of thioether (sulfide) groups is 1. The number of morpholine rings is 1. The maximum absolute atomic E-state index is 13.4. The zero-order chi connectivity index (χ0) is 21.9. The number of aromatic nitrogens is 4. The van der Waals surface area contributed by atoms with Crippen LogP contribution in [0.2, 0.25) is 0 Å². The van der Waals surface area contributed by atoms with Crippen LogP contribution in [0.3, 0.4) is 0 Å². The zero-order valence-corrected chi connectivity index (χ0v) is 18.5. The molecule has 2 aromatic heterocycles. The number of halogens is 1. The third kappa shape index (κ3) is 4.45. The number of thiazole rings is 1. The van der Waals surface area contributed by atoms with Crippen molar-refractivity contribution in [1.29, 1.82) is 0 Å². The maximum atomic E-state index is 13.4. The molecule has 1 aliphatic rings. The van der Waals surface area contributed by atoms with Crippen LogP contribution in [0.15, 0.2) is 53.7 Å². The minimum absolute atomic E-state index is 0.137. The second kappa shape index (κ2) is 9.23. The summed E-state index contributed by atoms with van der Waals surface area (Å²) in [7, 11) is 0. The fourth-order valence-electron chi connectivity index (χ4n) is 3.36. The molecule has 8 nitrogen and oxygen atoms in total. The van der Waals surface area contributed by atoms with Gasteiger partial charge in [-0.2, -0.15) is 0 Å². The molecule has 1 saturated heterocycles. The molecular formula is C21H19FN6O2S2. The van der Waals surface area contributed by atoms with E-state index in [2.05, 4.69) is 25.4 Å². The van der Waals surface area contributed by atoms with Gasteiger partial charge in [0.05, 0.1) is 34.9 Å². The number of rotatable bonds is 6. The number of benzene rings is 2. The minimum atomic E-state index is -0.328. The normalized spacial score (nSPS) is 14.1. The Kier molecular flexibility index (Phi) is 6.02. The summed E-state index contributed by atoms with van der Waals surface area (Å²) in [5.74, 6) is 0.324. The molecule has 0 radical (unpaired) electrons. The van der Waals surface area contributed by atoms with Crippen LogP contribution in [0.1, 0.15) is 0 Å². The summed E-state index contributed by atoms with van der Waals surface area (Å²) in [6.45, 7) is 2.74. The van der Waals surface area contributed by atoms with Gasteiger partial charge in [0, 0.05) is 13.1 Å². The topological polar surface area (TPSA) is 85.2 Å². The molecule has 164 valence electrons. The average Bonchev–Trinajstić information content (AvgIpc) is 3.42. The van der Waals surface area contributed by atoms with E-state index in [1.165, 1.54) is 35.2 Å². The number of hydrogen-bond acceptors (Lipinski definition) is 8. The van der Waals surface area contributed by atoms with Crippen molar-refractivity contribution in [3.05, 3.63) is 54.3 Å². The van der Waals surface area contributed by atoms with Crippen LogP contribution in [0.5, 0.6) is 0 Å². The van der Waals surface area contributed by atoms with Gasteiger partial charge in [0.15, 0.2) is 10.3 Å². The first-order valence-corrected chi connectivity index (χ1v) is 11.8. The van der Waals surface area contributed by atoms with E-state index in [1.54, 1.807) is 6.07 Å². The third-order valence-electron chi connectivity index (χ3n) is 4.85. The first-order valence-electron chi connectivity index (χ1n) is 10.00. The lowest BCUT2D eigenvalue weighted by Gasteiger charge is -2.27. The molecule has 3 heterocycles. The van der Waals surface area contributed by atoms with Crippen LogP contribution < -0.4 is 10.2 Å². The monoisotopic (exact) mass is 470 g/mol. The minimum Gasteiger partial charge on any atom is -0.378 e. The highest BCUT2D eigenvalue weighted by molar-refractivity contribution is 7.99. The van der Waals surface area contributed by atoms with E-state index in [-0.39, 0.29) is 17.5 Å². The smallest absolute Gasteiger partial charge is 0.236 e. The van der Waals surface area contributed by atoms with Crippen LogP contribution in [0, 0.1) is 5.82 Å². The van der Waals surface area contributed by atoms with Crippen LogP contribution in [0.25, 0.3) is 15.9 Å². The van der Waals surface area contributed by atoms with Crippen molar-refractivity contribution >= 4 is 50.3 Å². The van der Waals surface area contributed by atoms with Gasteiger partial charge in [-0.05, 0) is 30.3 Å². The van der Waals surface area contributed by atoms with E-state index < -0.39 is 0 Å². The van der Waals surface area contributed by atoms with Crippen LogP contribution in [-0.4, -0.2) is 57.7 Å². The van der Waals surface area contributed by atoms with Crippen LogP contribution in [0.4, 0.5) is 15.5 Å². The lowest BCUT2D eigenvalue weighted by atomic mass is 10.3. The Morgan fingerprint density at radius 3 is 2.78 bits per heavy atom. The summed E-state index contributed by atoms with van der Waals surface area (Å²) in [5, 5.41) is 12.6. The number of nitrogens with zero attached hydrogens (tertiary/aromatic N) is 5. The van der Waals surface area contributed by atoms with Gasteiger partial charge in [-0.3, -0.25) is 9.36 Å². The van der Waals surface area contributed by atoms with Crippen molar-refractivity contribution in [3.8, 4) is 5.69 Å². The van der Waals surface area contributed by atoms with E-state index in [9.17, 15) is 9.18 Å². The first-order chi connectivity index (χ1) is 15.7. The molecule has 0 atom stereocenters. The maximum Gasteiger partial charge on any atom is 0.236 e. The van der Waals surface area contributed by atoms with Gasteiger partial charge in [0.1, 0.15) is 5.82 Å². The number of carbonyl (C=O) groups excluding carboxylic acids is 1. The Hall–Kier alpha value is -3.02. The Bertz CT molecular complexity index is 1240. The van der Waals surface area contributed by atoms with E-state index >= 15 is 0 Å². The number of para-hydroxylation sites is 1. The van der Waals surface area contributed by atoms with Crippen molar-refractivity contribution in [2.24, 2.45) is 0 Å². The molecule has 1 fully saturated rings. The van der Waals surface area contributed by atoms with Crippen molar-refractivity contribution in [3.63, 3.8) is 0 Å². The Morgan fingerprint density at radius 2 is 1.97 bits per heavy atom. The average molecular weight is 471 g/mol. The van der Waals surface area contributed by atoms with Gasteiger partial charge >= 0.3 is 0 Å². The molecule has 2 aromatic carbocycles. The number of hydrogen-bond donors (Lipinski definition) is 1. The third-order valence-corrected chi connectivity index (χ3v) is 6.72. The number of carbonyl (C=O) groups is 1. The van der Waals surface area contributed by atoms with E-state index in [0.29, 0.717) is 33.7 Å². The molecule has 0 aliphatic carbocycles. The largest absolute Gasteiger partial charge is 0.378 e. The standard InChI is InChI=1S/C21H19FN6O2S2/c22-14-6-7-16-17(12-14)32-19(23-16)24-18(29)13-31-21-26-25-20(27-8-10-30-11-9-27)28(21)15-4-2-1-3-5-15/h1-7,12H,8-11,13H2,(H,23,24,29). The summed E-state index contributed by atoms with van der Waals surface area (Å²) in [4.78, 5) is 19.0. The molecule has 0 bridgehead atoms. The lowest BCUT2D eigenvalue weighted by molar-refractivity contribution is -0.113. The predicted molar refractivity (Wildman–Crippen MR) is 123 cm³/mol. The fourth-order valence-corrected chi connectivity index (χ4v) is 5.02. The van der Waals surface area contributed by atoms with Crippen molar-refractivity contribution < 1.29 is 13.9 Å². The van der Waals surface area contributed by atoms with Crippen molar-refractivity contribution in [1.82, 2.24) is 19.7 Å². The van der Waals surface area contributed by atoms with Gasteiger partial charge < -0.3 is 15.0 Å². The SMILES string of the molecule is O=C(CSc1nnc(N2CCOCC2)n1-c1ccccc1)Nc1nc2ccc(F)cc2s1. The molecule has 32 heavy (non-hydrogen) atoms.